The number of hydrogen-bond acceptors (Lipinski definition) is 1. The summed E-state index contributed by atoms with van der Waals surface area (Å²) in [7, 11) is -0.568. The minimum Gasteiger partial charge on any atom is -0.377 e. The first-order valence-corrected chi connectivity index (χ1v) is 11.9. The Bertz CT molecular complexity index is 983. The Kier molecular flexibility index (Phi) is 9.49. The molecule has 0 N–H and O–H groups in total. The average molecular weight is 491 g/mol. The highest BCUT2D eigenvalue weighted by Gasteiger charge is 2.18. The van der Waals surface area contributed by atoms with Gasteiger partial charge in [0.15, 0.2) is 0 Å². The van der Waals surface area contributed by atoms with Gasteiger partial charge in [-0.25, -0.2) is 0 Å². The van der Waals surface area contributed by atoms with Crippen LogP contribution < -0.4 is 15.9 Å². The van der Waals surface area contributed by atoms with Gasteiger partial charge in [-0.15, -0.1) is 17.0 Å². The summed E-state index contributed by atoms with van der Waals surface area (Å²) in [6, 6.07) is 41.1. The van der Waals surface area contributed by atoms with E-state index >= 15 is 0 Å². The summed E-state index contributed by atoms with van der Waals surface area (Å²) >= 11 is 0. The number of rotatable bonds is 9. The molecule has 0 aromatic heterocycles. The van der Waals surface area contributed by atoms with Gasteiger partial charge in [-0.3, -0.25) is 0 Å². The number of halogens is 1. The van der Waals surface area contributed by atoms with Crippen LogP contribution >= 0.6 is 24.9 Å². The number of hydrogen-bond donors (Lipinski definition) is 0. The van der Waals surface area contributed by atoms with Crippen LogP contribution in [0.5, 0.6) is 0 Å². The fourth-order valence-corrected chi connectivity index (χ4v) is 6.15. The molecule has 0 aliphatic carbocycles. The Morgan fingerprint density at radius 1 is 0.581 bits per heavy atom. The molecule has 4 aromatic rings. The van der Waals surface area contributed by atoms with Crippen molar-refractivity contribution in [2.45, 2.75) is 19.4 Å². The summed E-state index contributed by atoms with van der Waals surface area (Å²) in [4.78, 5) is 0. The third-order valence-electron chi connectivity index (χ3n) is 5.11. The summed E-state index contributed by atoms with van der Waals surface area (Å²) in [6.07, 6.45) is 2.06. The van der Waals surface area contributed by atoms with Crippen molar-refractivity contribution in [3.8, 4) is 0 Å². The predicted molar refractivity (Wildman–Crippen MR) is 140 cm³/mol. The van der Waals surface area contributed by atoms with E-state index in [1.54, 1.807) is 0 Å². The molecule has 0 atom stereocenters. The zero-order valence-corrected chi connectivity index (χ0v) is 20.2. The zero-order chi connectivity index (χ0) is 20.4. The second-order valence-corrected chi connectivity index (χ2v) is 9.46. The monoisotopic (exact) mass is 490 g/mol. The summed E-state index contributed by atoms with van der Waals surface area (Å²) in [5.41, 5.74) is 2.66. The molecule has 0 amide bonds. The Hall–Kier alpha value is -2.25. The van der Waals surface area contributed by atoms with E-state index in [0.717, 1.165) is 19.4 Å². The third kappa shape index (κ3) is 6.61. The second-order valence-electron chi connectivity index (χ2n) is 7.28. The van der Waals surface area contributed by atoms with E-state index in [4.69, 9.17) is 4.74 Å². The molecule has 158 valence electrons. The van der Waals surface area contributed by atoms with Crippen LogP contribution in [0.1, 0.15) is 17.5 Å². The van der Waals surface area contributed by atoms with E-state index in [2.05, 4.69) is 109 Å². The zero-order valence-electron chi connectivity index (χ0n) is 17.6. The fourth-order valence-electron chi connectivity index (χ4n) is 3.65. The Morgan fingerprint density at radius 2 is 1.10 bits per heavy atom. The summed E-state index contributed by atoms with van der Waals surface area (Å²) in [6.45, 7) is 1.46. The number of ether oxygens (including phenoxy) is 1. The Labute approximate surface area is 197 Å². The van der Waals surface area contributed by atoms with Gasteiger partial charge in [-0.2, -0.15) is 0 Å². The van der Waals surface area contributed by atoms with E-state index in [0.29, 0.717) is 6.61 Å². The fraction of sp³-hybridized carbons (Fsp3) is 0.143. The largest absolute Gasteiger partial charge is 0.377 e. The molecule has 31 heavy (non-hydrogen) atoms. The van der Waals surface area contributed by atoms with Crippen molar-refractivity contribution in [1.29, 1.82) is 0 Å². The quantitative estimate of drug-likeness (QED) is 0.201. The molecule has 0 aliphatic rings. The normalized spacial score (nSPS) is 10.6. The van der Waals surface area contributed by atoms with E-state index in [-0.39, 0.29) is 17.0 Å². The van der Waals surface area contributed by atoms with Crippen molar-refractivity contribution in [3.05, 3.63) is 126 Å². The van der Waals surface area contributed by atoms with Gasteiger partial charge in [0.25, 0.3) is 0 Å². The Balaban J connectivity index is 0.00000272. The second kappa shape index (κ2) is 12.6. The van der Waals surface area contributed by atoms with Crippen molar-refractivity contribution >= 4 is 40.8 Å². The molecular weight excluding hydrogens is 463 g/mol. The van der Waals surface area contributed by atoms with E-state index < -0.39 is 7.92 Å². The van der Waals surface area contributed by atoms with Crippen LogP contribution in [0.2, 0.25) is 0 Å². The molecule has 4 aromatic carbocycles. The lowest BCUT2D eigenvalue weighted by molar-refractivity contribution is 0.119. The molecule has 0 radical (unpaired) electrons. The molecule has 0 heterocycles. The van der Waals surface area contributed by atoms with Gasteiger partial charge in [0, 0.05) is 6.61 Å². The molecule has 0 fully saturated rings. The average Bonchev–Trinajstić information content (AvgIpc) is 2.82. The van der Waals surface area contributed by atoms with Crippen LogP contribution in [0.15, 0.2) is 115 Å². The van der Waals surface area contributed by atoms with Crippen LogP contribution in [0.25, 0.3) is 0 Å². The molecule has 0 saturated carbocycles. The van der Waals surface area contributed by atoms with Crippen molar-refractivity contribution in [1.82, 2.24) is 0 Å². The minimum atomic E-state index is -0.568. The lowest BCUT2D eigenvalue weighted by Crippen LogP contribution is -2.23. The van der Waals surface area contributed by atoms with Crippen molar-refractivity contribution < 1.29 is 4.74 Å². The maximum atomic E-state index is 5.92. The van der Waals surface area contributed by atoms with Gasteiger partial charge in [0.05, 0.1) is 6.61 Å². The van der Waals surface area contributed by atoms with Gasteiger partial charge >= 0.3 is 0 Å². The third-order valence-corrected chi connectivity index (χ3v) is 7.65. The molecule has 0 bridgehead atoms. The molecular formula is C28H28BrOP. The smallest absolute Gasteiger partial charge is 0.0716 e. The van der Waals surface area contributed by atoms with Gasteiger partial charge in [0.2, 0.25) is 0 Å². The van der Waals surface area contributed by atoms with Crippen LogP contribution in [-0.4, -0.2) is 6.61 Å². The van der Waals surface area contributed by atoms with Gasteiger partial charge < -0.3 is 4.74 Å². The lowest BCUT2D eigenvalue weighted by Gasteiger charge is -2.22. The lowest BCUT2D eigenvalue weighted by atomic mass is 10.1. The van der Waals surface area contributed by atoms with Crippen molar-refractivity contribution in [3.63, 3.8) is 0 Å². The number of aryl methyl sites for hydroxylation is 1. The first kappa shape index (κ1) is 23.4. The molecule has 0 spiro atoms. The molecule has 0 aliphatic heterocycles. The van der Waals surface area contributed by atoms with Gasteiger partial charge in [-0.1, -0.05) is 115 Å². The molecule has 0 saturated heterocycles. The highest BCUT2D eigenvalue weighted by molar-refractivity contribution is 8.93. The molecule has 4 rings (SSSR count). The van der Waals surface area contributed by atoms with Gasteiger partial charge in [0.1, 0.15) is 0 Å². The van der Waals surface area contributed by atoms with Crippen LogP contribution in [0.3, 0.4) is 0 Å². The van der Waals surface area contributed by atoms with E-state index in [9.17, 15) is 0 Å². The molecule has 1 nitrogen and oxygen atoms in total. The number of benzene rings is 4. The minimum absolute atomic E-state index is 0. The van der Waals surface area contributed by atoms with Gasteiger partial charge in [-0.05, 0) is 47.8 Å². The molecule has 0 unspecified atom stereocenters. The summed E-state index contributed by atoms with van der Waals surface area (Å²) < 4.78 is 5.92. The standard InChI is InChI=1S/C28H27OP.BrH/c1-4-13-24(14-5-1)23-29-22-12-16-25-15-10-11-21-28(25)30(26-17-6-2-7-18-26)27-19-8-3-9-20-27;/h1-11,13-15,17-21H,12,16,22-23H2;1H. The van der Waals surface area contributed by atoms with Crippen molar-refractivity contribution in [2.75, 3.05) is 6.61 Å². The van der Waals surface area contributed by atoms with Crippen LogP contribution in [0, 0.1) is 0 Å². The maximum absolute atomic E-state index is 5.92. The topological polar surface area (TPSA) is 9.23 Å². The maximum Gasteiger partial charge on any atom is 0.0716 e. The predicted octanol–water partition coefficient (Wildman–Crippen LogP) is 6.17. The summed E-state index contributed by atoms with van der Waals surface area (Å²) in [5.74, 6) is 0. The highest BCUT2D eigenvalue weighted by atomic mass is 79.9. The SMILES string of the molecule is Br.c1ccc(COCCCc2ccccc2P(c2ccccc2)c2ccccc2)cc1. The first-order valence-electron chi connectivity index (χ1n) is 10.5. The molecule has 3 heteroatoms. The van der Waals surface area contributed by atoms with Crippen molar-refractivity contribution in [2.24, 2.45) is 0 Å². The van der Waals surface area contributed by atoms with Crippen LogP contribution in [-0.2, 0) is 17.8 Å². The van der Waals surface area contributed by atoms with E-state index in [1.165, 1.54) is 27.0 Å². The van der Waals surface area contributed by atoms with E-state index in [1.807, 2.05) is 6.07 Å². The first-order chi connectivity index (χ1) is 14.9. The highest BCUT2D eigenvalue weighted by Crippen LogP contribution is 2.34. The summed E-state index contributed by atoms with van der Waals surface area (Å²) in [5, 5.41) is 4.24. The van der Waals surface area contributed by atoms with Crippen LogP contribution in [0.4, 0.5) is 0 Å². The Morgan fingerprint density at radius 3 is 1.71 bits per heavy atom.